The highest BCUT2D eigenvalue weighted by Crippen LogP contribution is 2.24. The van der Waals surface area contributed by atoms with Crippen molar-refractivity contribution >= 4 is 17.2 Å². The molecule has 0 saturated carbocycles. The van der Waals surface area contributed by atoms with E-state index < -0.39 is 0 Å². The molecule has 1 aromatic carbocycles. The summed E-state index contributed by atoms with van der Waals surface area (Å²) >= 11 is 1.39. The van der Waals surface area contributed by atoms with Gasteiger partial charge >= 0.3 is 0 Å². The molecule has 0 atom stereocenters. The highest BCUT2D eigenvalue weighted by molar-refractivity contribution is 7.04. The molecule has 0 bridgehead atoms. The smallest absolute Gasteiger partial charge is 0.107 e. The third-order valence-corrected chi connectivity index (χ3v) is 2.29. The van der Waals surface area contributed by atoms with E-state index in [1.165, 1.54) is 11.5 Å². The number of nitrogen functional groups attached to an aromatic ring is 1. The first-order chi connectivity index (χ1) is 5.88. The molecule has 3 heteroatoms. The zero-order valence-corrected chi connectivity index (χ0v) is 7.21. The van der Waals surface area contributed by atoms with Crippen molar-refractivity contribution < 1.29 is 0 Å². The molecule has 0 radical (unpaired) electrons. The van der Waals surface area contributed by atoms with Gasteiger partial charge in [0.25, 0.3) is 0 Å². The first kappa shape index (κ1) is 7.31. The summed E-state index contributed by atoms with van der Waals surface area (Å²) in [4.78, 5) is 0. The van der Waals surface area contributed by atoms with Gasteiger partial charge in [-0.1, -0.05) is 30.3 Å². The van der Waals surface area contributed by atoms with Crippen molar-refractivity contribution in [2.75, 3.05) is 5.73 Å². The predicted molar refractivity (Wildman–Crippen MR) is 52.0 cm³/mol. The van der Waals surface area contributed by atoms with Crippen LogP contribution < -0.4 is 5.73 Å². The Bertz CT molecular complexity index is 367. The van der Waals surface area contributed by atoms with Gasteiger partial charge in [0.2, 0.25) is 0 Å². The maximum absolute atomic E-state index is 5.72. The van der Waals surface area contributed by atoms with Gasteiger partial charge in [0, 0.05) is 10.9 Å². The molecule has 12 heavy (non-hydrogen) atoms. The Hall–Kier alpha value is -1.35. The summed E-state index contributed by atoms with van der Waals surface area (Å²) in [6, 6.07) is 9.95. The Kier molecular flexibility index (Phi) is 1.80. The summed E-state index contributed by atoms with van der Waals surface area (Å²) in [6.45, 7) is 0. The minimum Gasteiger partial charge on any atom is -0.396 e. The second-order valence-corrected chi connectivity index (χ2v) is 3.11. The van der Waals surface area contributed by atoms with Gasteiger partial charge in [0.05, 0.1) is 5.69 Å². The third-order valence-electron chi connectivity index (χ3n) is 1.64. The van der Waals surface area contributed by atoms with Crippen LogP contribution in [0, 0.1) is 0 Å². The summed E-state index contributed by atoms with van der Waals surface area (Å²) in [5.74, 6) is 0. The largest absolute Gasteiger partial charge is 0.396 e. The van der Waals surface area contributed by atoms with Crippen LogP contribution in [0.5, 0.6) is 0 Å². The highest BCUT2D eigenvalue weighted by Gasteiger charge is 2.03. The van der Waals surface area contributed by atoms with E-state index in [2.05, 4.69) is 4.37 Å². The van der Waals surface area contributed by atoms with E-state index in [0.29, 0.717) is 0 Å². The molecule has 0 amide bonds. The van der Waals surface area contributed by atoms with Gasteiger partial charge in [-0.25, -0.2) is 0 Å². The van der Waals surface area contributed by atoms with E-state index in [9.17, 15) is 0 Å². The van der Waals surface area contributed by atoms with E-state index in [-0.39, 0.29) is 0 Å². The maximum atomic E-state index is 5.72. The van der Waals surface area contributed by atoms with E-state index in [0.717, 1.165) is 16.9 Å². The van der Waals surface area contributed by atoms with Crippen molar-refractivity contribution in [3.63, 3.8) is 0 Å². The normalized spacial score (nSPS) is 10.0. The summed E-state index contributed by atoms with van der Waals surface area (Å²) < 4.78 is 4.20. The molecule has 0 spiro atoms. The average molecular weight is 176 g/mol. The van der Waals surface area contributed by atoms with Gasteiger partial charge in [-0.2, -0.15) is 4.37 Å². The number of anilines is 1. The molecule has 2 N–H and O–H groups in total. The Labute approximate surface area is 74.8 Å². The molecular weight excluding hydrogens is 168 g/mol. The van der Waals surface area contributed by atoms with Gasteiger partial charge in [-0.15, -0.1) is 0 Å². The van der Waals surface area contributed by atoms with Crippen LogP contribution in [0.15, 0.2) is 35.7 Å². The zero-order valence-electron chi connectivity index (χ0n) is 6.40. The molecule has 2 nitrogen and oxygen atoms in total. The summed E-state index contributed by atoms with van der Waals surface area (Å²) in [5.41, 5.74) is 8.45. The second kappa shape index (κ2) is 2.95. The van der Waals surface area contributed by atoms with Crippen molar-refractivity contribution in [3.05, 3.63) is 35.7 Å². The second-order valence-electron chi connectivity index (χ2n) is 2.48. The monoisotopic (exact) mass is 176 g/mol. The Morgan fingerprint density at radius 3 is 2.50 bits per heavy atom. The van der Waals surface area contributed by atoms with Crippen LogP contribution in [-0.4, -0.2) is 4.37 Å². The van der Waals surface area contributed by atoms with Crippen molar-refractivity contribution in [1.29, 1.82) is 0 Å². The molecule has 2 aromatic rings. The number of nitrogens with zero attached hydrogens (tertiary/aromatic N) is 1. The fraction of sp³-hybridized carbons (Fsp3) is 0. The predicted octanol–water partition coefficient (Wildman–Crippen LogP) is 2.39. The summed E-state index contributed by atoms with van der Waals surface area (Å²) in [5, 5.41) is 1.85. The number of hydrogen-bond acceptors (Lipinski definition) is 3. The topological polar surface area (TPSA) is 38.9 Å². The lowest BCUT2D eigenvalue weighted by Crippen LogP contribution is -1.85. The van der Waals surface area contributed by atoms with Crippen LogP contribution in [0.25, 0.3) is 11.3 Å². The molecule has 0 aliphatic carbocycles. The Morgan fingerprint density at radius 2 is 1.92 bits per heavy atom. The fourth-order valence-electron chi connectivity index (χ4n) is 1.06. The lowest BCUT2D eigenvalue weighted by atomic mass is 10.1. The standard InChI is InChI=1S/C9H8N2S/c10-8-6-12-11-9(8)7-4-2-1-3-5-7/h1-6H,10H2. The highest BCUT2D eigenvalue weighted by atomic mass is 32.1. The van der Waals surface area contributed by atoms with Crippen molar-refractivity contribution in [2.45, 2.75) is 0 Å². The van der Waals surface area contributed by atoms with Crippen molar-refractivity contribution in [2.24, 2.45) is 0 Å². The minimum atomic E-state index is 0.756. The quantitative estimate of drug-likeness (QED) is 0.724. The lowest BCUT2D eigenvalue weighted by Gasteiger charge is -1.95. The van der Waals surface area contributed by atoms with Crippen LogP contribution in [0.4, 0.5) is 5.69 Å². The molecule has 0 aliphatic heterocycles. The number of benzene rings is 1. The van der Waals surface area contributed by atoms with E-state index >= 15 is 0 Å². The van der Waals surface area contributed by atoms with Crippen LogP contribution in [0.1, 0.15) is 0 Å². The van der Waals surface area contributed by atoms with Crippen LogP contribution in [0.3, 0.4) is 0 Å². The van der Waals surface area contributed by atoms with Crippen molar-refractivity contribution in [1.82, 2.24) is 4.37 Å². The molecular formula is C9H8N2S. The van der Waals surface area contributed by atoms with E-state index in [1.54, 1.807) is 0 Å². The van der Waals surface area contributed by atoms with Gasteiger partial charge in [-0.3, -0.25) is 0 Å². The molecule has 0 aliphatic rings. The minimum absolute atomic E-state index is 0.756. The molecule has 0 unspecified atom stereocenters. The Balaban J connectivity index is 2.51. The van der Waals surface area contributed by atoms with E-state index in [1.807, 2.05) is 35.7 Å². The van der Waals surface area contributed by atoms with Crippen LogP contribution >= 0.6 is 11.5 Å². The molecule has 1 heterocycles. The first-order valence-electron chi connectivity index (χ1n) is 3.63. The van der Waals surface area contributed by atoms with Crippen LogP contribution in [0.2, 0.25) is 0 Å². The third kappa shape index (κ3) is 1.19. The van der Waals surface area contributed by atoms with E-state index in [4.69, 9.17) is 5.73 Å². The van der Waals surface area contributed by atoms with Crippen molar-refractivity contribution in [3.8, 4) is 11.3 Å². The number of hydrogen-bond donors (Lipinski definition) is 1. The molecule has 1 aromatic heterocycles. The SMILES string of the molecule is Nc1csnc1-c1ccccc1. The fourth-order valence-corrected chi connectivity index (χ4v) is 1.65. The average Bonchev–Trinajstić information content (AvgIpc) is 2.53. The lowest BCUT2D eigenvalue weighted by molar-refractivity contribution is 1.52. The van der Waals surface area contributed by atoms with Gasteiger partial charge in [-0.05, 0) is 11.5 Å². The summed E-state index contributed by atoms with van der Waals surface area (Å²) in [6.07, 6.45) is 0. The molecule has 60 valence electrons. The first-order valence-corrected chi connectivity index (χ1v) is 4.47. The van der Waals surface area contributed by atoms with Gasteiger partial charge in [0.1, 0.15) is 5.69 Å². The molecule has 0 fully saturated rings. The number of rotatable bonds is 1. The molecule has 0 saturated heterocycles. The number of aromatic nitrogens is 1. The van der Waals surface area contributed by atoms with Crippen LogP contribution in [-0.2, 0) is 0 Å². The van der Waals surface area contributed by atoms with Gasteiger partial charge < -0.3 is 5.73 Å². The number of nitrogens with two attached hydrogens (primary N) is 1. The zero-order chi connectivity index (χ0) is 8.39. The van der Waals surface area contributed by atoms with Gasteiger partial charge in [0.15, 0.2) is 0 Å². The Morgan fingerprint density at radius 1 is 1.17 bits per heavy atom. The maximum Gasteiger partial charge on any atom is 0.107 e. The molecule has 2 rings (SSSR count). The summed E-state index contributed by atoms with van der Waals surface area (Å²) in [7, 11) is 0.